The van der Waals surface area contributed by atoms with Gasteiger partial charge in [0.15, 0.2) is 4.34 Å². The van der Waals surface area contributed by atoms with E-state index in [0.29, 0.717) is 20.8 Å². The maximum atomic E-state index is 13.3. The second-order valence-electron chi connectivity index (χ2n) is 10.6. The first-order chi connectivity index (χ1) is 17.7. The molecule has 13 nitrogen and oxygen atoms in total. The van der Waals surface area contributed by atoms with E-state index in [2.05, 4.69) is 31.4 Å². The maximum absolute atomic E-state index is 13.3. The fourth-order valence-electron chi connectivity index (χ4n) is 4.15. The number of ether oxygens (including phenoxy) is 3. The Hall–Kier alpha value is -2.43. The molecule has 3 aliphatic rings. The fourth-order valence-corrected chi connectivity index (χ4v) is 6.36. The minimum absolute atomic E-state index is 0.0564. The van der Waals surface area contributed by atoms with E-state index >= 15 is 0 Å². The molecule has 38 heavy (non-hydrogen) atoms. The van der Waals surface area contributed by atoms with Gasteiger partial charge in [0.1, 0.15) is 17.2 Å². The van der Waals surface area contributed by atoms with Gasteiger partial charge in [0.2, 0.25) is 16.9 Å². The molecule has 0 spiro atoms. The van der Waals surface area contributed by atoms with Crippen LogP contribution in [0, 0.1) is 5.92 Å². The molecule has 1 unspecified atom stereocenters. The normalized spacial score (nSPS) is 23.0. The van der Waals surface area contributed by atoms with Crippen LogP contribution in [0.2, 0.25) is 0 Å². The van der Waals surface area contributed by atoms with Crippen molar-refractivity contribution in [3.05, 3.63) is 10.8 Å². The van der Waals surface area contributed by atoms with Crippen LogP contribution in [0.3, 0.4) is 0 Å². The van der Waals surface area contributed by atoms with Gasteiger partial charge in [0, 0.05) is 12.5 Å². The minimum Gasteiger partial charge on any atom is -0.428 e. The van der Waals surface area contributed by atoms with Crippen LogP contribution in [0.25, 0.3) is 0 Å². The third-order valence-electron chi connectivity index (χ3n) is 5.38. The third-order valence-corrected chi connectivity index (χ3v) is 7.98. The first-order valence-electron chi connectivity index (χ1n) is 11.7. The second-order valence-corrected chi connectivity index (χ2v) is 13.5. The van der Waals surface area contributed by atoms with Gasteiger partial charge in [-0.2, -0.15) is 0 Å². The van der Waals surface area contributed by atoms with Gasteiger partial charge in [-0.05, 0) is 48.0 Å². The molecule has 2 amide bonds. The van der Waals surface area contributed by atoms with Crippen LogP contribution < -0.4 is 5.32 Å². The predicted molar refractivity (Wildman–Crippen MR) is 139 cm³/mol. The van der Waals surface area contributed by atoms with E-state index in [1.54, 1.807) is 41.5 Å². The van der Waals surface area contributed by atoms with E-state index in [4.69, 9.17) is 19.0 Å². The minimum atomic E-state index is -0.954. The smallest absolute Gasteiger partial charge is 0.428 e. The van der Waals surface area contributed by atoms with Crippen molar-refractivity contribution in [2.75, 3.05) is 17.2 Å². The van der Waals surface area contributed by atoms with E-state index in [9.17, 15) is 19.2 Å². The lowest BCUT2D eigenvalue weighted by Crippen LogP contribution is -2.72. The van der Waals surface area contributed by atoms with Gasteiger partial charge < -0.3 is 19.0 Å². The Balaban J connectivity index is 1.57. The molecule has 16 heteroatoms. The number of piperidine rings is 1. The molecule has 1 aromatic heterocycles. The number of halogens is 1. The zero-order chi connectivity index (χ0) is 28.0. The highest BCUT2D eigenvalue weighted by Gasteiger charge is 2.65. The van der Waals surface area contributed by atoms with Crippen molar-refractivity contribution in [3.63, 3.8) is 0 Å². The fraction of sp³-hybridized carbons (Fsp3) is 0.636. The molecule has 3 aliphatic heterocycles. The highest BCUT2D eigenvalue weighted by Crippen LogP contribution is 2.54. The van der Waals surface area contributed by atoms with Crippen molar-refractivity contribution >= 4 is 68.3 Å². The monoisotopic (exact) mass is 633 g/mol. The van der Waals surface area contributed by atoms with E-state index in [-0.39, 0.29) is 35.5 Å². The van der Waals surface area contributed by atoms with Gasteiger partial charge in [-0.25, -0.2) is 9.59 Å². The summed E-state index contributed by atoms with van der Waals surface area (Å²) < 4.78 is 16.6. The van der Waals surface area contributed by atoms with Gasteiger partial charge in [-0.15, -0.1) is 15.3 Å². The first-order valence-corrected chi connectivity index (χ1v) is 14.4. The molecule has 4 rings (SSSR count). The lowest BCUT2D eigenvalue weighted by molar-refractivity contribution is -0.223. The Kier molecular flexibility index (Phi) is 7.99. The number of thioether (sulfide) groups is 1. The number of amides is 2. The number of anilines is 1. The topological polar surface area (TPSA) is 149 Å². The van der Waals surface area contributed by atoms with Crippen LogP contribution in [0.4, 0.5) is 14.7 Å². The Bertz CT molecular complexity index is 1180. The van der Waals surface area contributed by atoms with Crippen molar-refractivity contribution in [2.45, 2.75) is 75.6 Å². The van der Waals surface area contributed by atoms with Crippen LogP contribution in [-0.4, -0.2) is 79.4 Å². The van der Waals surface area contributed by atoms with E-state index < -0.39 is 35.6 Å². The molecular formula is C22H28BrN5O8S2. The van der Waals surface area contributed by atoms with Crippen LogP contribution in [0.15, 0.2) is 15.1 Å². The molecule has 0 radical (unpaired) electrons. The maximum Gasteiger partial charge on any atom is 0.528 e. The Labute approximate surface area is 235 Å². The third kappa shape index (κ3) is 6.24. The summed E-state index contributed by atoms with van der Waals surface area (Å²) in [5.41, 5.74) is -1.57. The number of nitrogens with zero attached hydrogens (tertiary/aromatic N) is 4. The van der Waals surface area contributed by atoms with Gasteiger partial charge >= 0.3 is 12.3 Å². The summed E-state index contributed by atoms with van der Waals surface area (Å²) in [6.45, 7) is 10.5. The van der Waals surface area contributed by atoms with Crippen molar-refractivity contribution in [3.8, 4) is 0 Å². The Morgan fingerprint density at radius 3 is 2.39 bits per heavy atom. The summed E-state index contributed by atoms with van der Waals surface area (Å²) in [6.07, 6.45) is -1.37. The molecule has 1 N–H and O–H groups in total. The van der Waals surface area contributed by atoms with Crippen molar-refractivity contribution in [2.24, 2.45) is 5.92 Å². The van der Waals surface area contributed by atoms with Gasteiger partial charge in [0.25, 0.3) is 5.91 Å². The SMILES string of the molecule is CC(C)(C)OC(=O)OC1=C(Sc2nnc(NC(=O)CBr)s2)C2CCN(OC(=O)OC(C)(C)C)[C@@H]3C(=O)N1[C@H]23. The van der Waals surface area contributed by atoms with E-state index in [0.717, 1.165) is 11.3 Å². The number of β-lactam (4-membered cyclic amide) rings is 1. The number of hydrogen-bond acceptors (Lipinski definition) is 13. The summed E-state index contributed by atoms with van der Waals surface area (Å²) in [6, 6.07) is -1.20. The summed E-state index contributed by atoms with van der Waals surface area (Å²) in [5, 5.41) is 12.5. The van der Waals surface area contributed by atoms with Crippen LogP contribution in [0.5, 0.6) is 0 Å². The highest BCUT2D eigenvalue weighted by atomic mass is 79.9. The number of hydrogen-bond donors (Lipinski definition) is 1. The molecule has 0 bridgehead atoms. The molecular weight excluding hydrogens is 606 g/mol. The molecule has 1 aromatic rings. The largest absolute Gasteiger partial charge is 0.528 e. The average Bonchev–Trinajstić information content (AvgIpc) is 3.31. The van der Waals surface area contributed by atoms with Crippen molar-refractivity contribution in [1.82, 2.24) is 20.2 Å². The van der Waals surface area contributed by atoms with Gasteiger partial charge in [-0.1, -0.05) is 39.0 Å². The average molecular weight is 635 g/mol. The zero-order valence-corrected chi connectivity index (χ0v) is 24.8. The van der Waals surface area contributed by atoms with E-state index in [1.807, 2.05) is 0 Å². The summed E-state index contributed by atoms with van der Waals surface area (Å²) >= 11 is 5.43. The molecule has 208 valence electrons. The lowest BCUT2D eigenvalue weighted by atomic mass is 9.82. The molecule has 3 atom stereocenters. The Morgan fingerprint density at radius 2 is 1.76 bits per heavy atom. The second kappa shape index (κ2) is 10.6. The van der Waals surface area contributed by atoms with Crippen LogP contribution in [0.1, 0.15) is 48.0 Å². The number of hydroxylamine groups is 2. The lowest BCUT2D eigenvalue weighted by Gasteiger charge is -2.51. The molecule has 2 saturated heterocycles. The summed E-state index contributed by atoms with van der Waals surface area (Å²) in [7, 11) is 0. The molecule has 0 aromatic carbocycles. The number of carbonyl (C=O) groups is 4. The summed E-state index contributed by atoms with van der Waals surface area (Å²) in [5.74, 6) is -0.828. The zero-order valence-electron chi connectivity index (χ0n) is 21.6. The number of aromatic nitrogens is 2. The quantitative estimate of drug-likeness (QED) is 0.210. The Morgan fingerprint density at radius 1 is 1.11 bits per heavy atom. The standard InChI is InChI=1S/C22H28BrN5O8S2/c1-21(2,3)34-19(31)33-16-14(37-18-26-25-17(38-18)24-11(29)9-23)10-7-8-27(13-12(10)28(16)15(13)30)36-20(32)35-22(4,5)6/h10,12-13H,7-9H2,1-6H3,(H,24,25,29)/t10?,12-,13+/m1/s1. The molecule has 0 aliphatic carbocycles. The molecule has 4 heterocycles. The van der Waals surface area contributed by atoms with Crippen LogP contribution >= 0.6 is 39.0 Å². The summed E-state index contributed by atoms with van der Waals surface area (Å²) in [4.78, 5) is 57.2. The number of nitrogens with one attached hydrogen (secondary N) is 1. The van der Waals surface area contributed by atoms with Gasteiger partial charge in [-0.3, -0.25) is 19.8 Å². The molecule has 2 fully saturated rings. The number of carbonyl (C=O) groups excluding carboxylic acids is 4. The first kappa shape index (κ1) is 28.6. The van der Waals surface area contributed by atoms with Crippen molar-refractivity contribution in [1.29, 1.82) is 0 Å². The highest BCUT2D eigenvalue weighted by molar-refractivity contribution is 9.09. The molecule has 0 saturated carbocycles. The number of rotatable bonds is 6. The van der Waals surface area contributed by atoms with E-state index in [1.165, 1.54) is 21.7 Å². The van der Waals surface area contributed by atoms with Crippen molar-refractivity contribution < 1.29 is 38.2 Å². The predicted octanol–water partition coefficient (Wildman–Crippen LogP) is 3.87. The van der Waals surface area contributed by atoms with Crippen LogP contribution in [-0.2, 0) is 28.6 Å². The number of alkyl halides is 1. The van der Waals surface area contributed by atoms with Gasteiger partial charge in [0.05, 0.1) is 16.3 Å².